The summed E-state index contributed by atoms with van der Waals surface area (Å²) in [5.41, 5.74) is 1.56. The molecule has 0 aliphatic rings. The van der Waals surface area contributed by atoms with Gasteiger partial charge in [0, 0.05) is 12.1 Å². The molecule has 0 radical (unpaired) electrons. The molecule has 112 valence electrons. The third-order valence-corrected chi connectivity index (χ3v) is 4.68. The van der Waals surface area contributed by atoms with Crippen molar-refractivity contribution in [1.82, 2.24) is 14.9 Å². The van der Waals surface area contributed by atoms with Crippen LogP contribution in [0.3, 0.4) is 0 Å². The van der Waals surface area contributed by atoms with Crippen molar-refractivity contribution in [2.24, 2.45) is 0 Å². The van der Waals surface area contributed by atoms with Gasteiger partial charge < -0.3 is 10.1 Å². The van der Waals surface area contributed by atoms with Gasteiger partial charge in [-0.3, -0.25) is 4.79 Å². The summed E-state index contributed by atoms with van der Waals surface area (Å²) < 4.78 is 9.18. The number of hydrogen-bond donors (Lipinski definition) is 1. The van der Waals surface area contributed by atoms with Crippen LogP contribution in [-0.2, 0) is 6.54 Å². The van der Waals surface area contributed by atoms with Gasteiger partial charge >= 0.3 is 0 Å². The first-order valence-corrected chi connectivity index (χ1v) is 8.21. The second-order valence-corrected chi connectivity index (χ2v) is 6.12. The van der Waals surface area contributed by atoms with Crippen LogP contribution in [0.2, 0.25) is 0 Å². The molecule has 22 heavy (non-hydrogen) atoms. The quantitative estimate of drug-likeness (QED) is 0.780. The number of thiophene rings is 1. The Labute approximate surface area is 135 Å². The Kier molecular flexibility index (Phi) is 4.45. The summed E-state index contributed by atoms with van der Waals surface area (Å²) in [6.45, 7) is 0.393. The largest absolute Gasteiger partial charge is 0.496 e. The molecular formula is C15H13N3O2S2. The molecule has 1 N–H and O–H groups in total. The lowest BCUT2D eigenvalue weighted by atomic mass is 10.2. The number of nitrogens with one attached hydrogen (secondary N) is 1. The van der Waals surface area contributed by atoms with Crippen LogP contribution in [0.4, 0.5) is 0 Å². The highest BCUT2D eigenvalue weighted by atomic mass is 32.1. The Morgan fingerprint density at radius 1 is 1.27 bits per heavy atom. The van der Waals surface area contributed by atoms with E-state index in [0.717, 1.165) is 27.7 Å². The Balaban J connectivity index is 1.75. The summed E-state index contributed by atoms with van der Waals surface area (Å²) >= 11 is 2.64. The molecule has 0 bridgehead atoms. The van der Waals surface area contributed by atoms with E-state index in [2.05, 4.69) is 14.9 Å². The first-order valence-electron chi connectivity index (χ1n) is 6.56. The van der Waals surface area contributed by atoms with E-state index in [1.165, 1.54) is 11.3 Å². The zero-order valence-electron chi connectivity index (χ0n) is 11.8. The second kappa shape index (κ2) is 6.67. The minimum absolute atomic E-state index is 0.177. The molecule has 0 saturated carbocycles. The Morgan fingerprint density at radius 3 is 2.91 bits per heavy atom. The molecule has 0 spiro atoms. The summed E-state index contributed by atoms with van der Waals surface area (Å²) in [6.07, 6.45) is 0. The van der Waals surface area contributed by atoms with Crippen LogP contribution in [0.15, 0.2) is 41.8 Å². The maximum atomic E-state index is 12.4. The molecule has 0 saturated heterocycles. The lowest BCUT2D eigenvalue weighted by molar-refractivity contribution is 0.0955. The number of carbonyl (C=O) groups is 1. The van der Waals surface area contributed by atoms with Gasteiger partial charge in [0.05, 0.1) is 12.0 Å². The molecule has 0 aliphatic heterocycles. The maximum Gasteiger partial charge on any atom is 0.265 e. The van der Waals surface area contributed by atoms with Gasteiger partial charge in [-0.2, -0.15) is 0 Å². The summed E-state index contributed by atoms with van der Waals surface area (Å²) in [5.74, 6) is 0.577. The lowest BCUT2D eigenvalue weighted by Gasteiger charge is -2.09. The molecule has 3 rings (SSSR count). The van der Waals surface area contributed by atoms with Gasteiger partial charge in [-0.1, -0.05) is 28.8 Å². The van der Waals surface area contributed by atoms with E-state index in [4.69, 9.17) is 4.74 Å². The fraction of sp³-hybridized carbons (Fsp3) is 0.133. The predicted molar refractivity (Wildman–Crippen MR) is 87.4 cm³/mol. The van der Waals surface area contributed by atoms with Crippen molar-refractivity contribution in [3.05, 3.63) is 52.2 Å². The second-order valence-electron chi connectivity index (χ2n) is 4.42. The van der Waals surface area contributed by atoms with Crippen LogP contribution < -0.4 is 10.1 Å². The summed E-state index contributed by atoms with van der Waals surface area (Å²) in [4.78, 5) is 13.8. The Morgan fingerprint density at radius 2 is 2.14 bits per heavy atom. The number of para-hydroxylation sites is 1. The van der Waals surface area contributed by atoms with Crippen LogP contribution in [0.1, 0.15) is 15.2 Å². The SMILES string of the molecule is COc1ccccc1CNC(=O)c1snnc1-c1cccs1. The van der Waals surface area contributed by atoms with E-state index >= 15 is 0 Å². The fourth-order valence-electron chi connectivity index (χ4n) is 2.02. The van der Waals surface area contributed by atoms with Crippen molar-refractivity contribution >= 4 is 28.8 Å². The van der Waals surface area contributed by atoms with Crippen molar-refractivity contribution in [1.29, 1.82) is 0 Å². The highest BCUT2D eigenvalue weighted by Crippen LogP contribution is 2.28. The van der Waals surface area contributed by atoms with Crippen molar-refractivity contribution in [2.75, 3.05) is 7.11 Å². The minimum Gasteiger partial charge on any atom is -0.496 e. The van der Waals surface area contributed by atoms with Gasteiger partial charge in [-0.15, -0.1) is 16.4 Å². The van der Waals surface area contributed by atoms with Crippen molar-refractivity contribution in [2.45, 2.75) is 6.54 Å². The average Bonchev–Trinajstić information content (AvgIpc) is 3.23. The van der Waals surface area contributed by atoms with Gasteiger partial charge in [0.1, 0.15) is 16.3 Å². The molecule has 2 aromatic heterocycles. The molecule has 0 atom stereocenters. The smallest absolute Gasteiger partial charge is 0.265 e. The third-order valence-electron chi connectivity index (χ3n) is 3.08. The van der Waals surface area contributed by atoms with Gasteiger partial charge in [-0.25, -0.2) is 0 Å². The number of amides is 1. The van der Waals surface area contributed by atoms with E-state index in [1.54, 1.807) is 7.11 Å². The molecular weight excluding hydrogens is 318 g/mol. The van der Waals surface area contributed by atoms with Crippen LogP contribution in [0.5, 0.6) is 5.75 Å². The van der Waals surface area contributed by atoms with E-state index in [0.29, 0.717) is 17.1 Å². The lowest BCUT2D eigenvalue weighted by Crippen LogP contribution is -2.22. The van der Waals surface area contributed by atoms with E-state index < -0.39 is 0 Å². The van der Waals surface area contributed by atoms with Gasteiger partial charge in [0.25, 0.3) is 5.91 Å². The van der Waals surface area contributed by atoms with Gasteiger partial charge in [0.15, 0.2) is 0 Å². The fourth-order valence-corrected chi connectivity index (χ4v) is 3.40. The maximum absolute atomic E-state index is 12.4. The monoisotopic (exact) mass is 331 g/mol. The topological polar surface area (TPSA) is 64.1 Å². The highest BCUT2D eigenvalue weighted by Gasteiger charge is 2.18. The predicted octanol–water partition coefficient (Wildman–Crippen LogP) is 3.21. The Hall–Kier alpha value is -2.25. The third kappa shape index (κ3) is 3.00. The molecule has 0 fully saturated rings. The van der Waals surface area contributed by atoms with Crippen LogP contribution in [0.25, 0.3) is 10.6 Å². The number of hydrogen-bond acceptors (Lipinski definition) is 6. The number of ether oxygens (including phenoxy) is 1. The number of carbonyl (C=O) groups excluding carboxylic acids is 1. The van der Waals surface area contributed by atoms with Crippen molar-refractivity contribution in [3.8, 4) is 16.3 Å². The van der Waals surface area contributed by atoms with E-state index in [1.807, 2.05) is 41.8 Å². The van der Waals surface area contributed by atoms with Crippen LogP contribution >= 0.6 is 22.9 Å². The normalized spacial score (nSPS) is 10.4. The molecule has 0 unspecified atom stereocenters. The Bertz CT molecular complexity index is 769. The summed E-state index contributed by atoms with van der Waals surface area (Å²) in [5, 5.41) is 8.91. The zero-order valence-corrected chi connectivity index (χ0v) is 13.4. The standard InChI is InChI=1S/C15H13N3O2S2/c1-20-11-6-3-2-5-10(11)9-16-15(19)14-13(17-18-22-14)12-7-4-8-21-12/h2-8H,9H2,1H3,(H,16,19). The number of benzene rings is 1. The summed E-state index contributed by atoms with van der Waals surface area (Å²) in [6, 6.07) is 11.5. The van der Waals surface area contributed by atoms with Gasteiger partial charge in [-0.05, 0) is 29.0 Å². The van der Waals surface area contributed by atoms with Crippen LogP contribution in [0, 0.1) is 0 Å². The first kappa shape index (κ1) is 14.7. The minimum atomic E-state index is -0.177. The first-order chi connectivity index (χ1) is 10.8. The molecule has 1 amide bonds. The number of aromatic nitrogens is 2. The van der Waals surface area contributed by atoms with Crippen molar-refractivity contribution < 1.29 is 9.53 Å². The molecule has 3 aromatic rings. The average molecular weight is 331 g/mol. The number of rotatable bonds is 5. The van der Waals surface area contributed by atoms with E-state index in [-0.39, 0.29) is 5.91 Å². The molecule has 1 aromatic carbocycles. The van der Waals surface area contributed by atoms with Crippen LogP contribution in [-0.4, -0.2) is 22.6 Å². The van der Waals surface area contributed by atoms with Gasteiger partial charge in [0.2, 0.25) is 0 Å². The highest BCUT2D eigenvalue weighted by molar-refractivity contribution is 7.14. The van der Waals surface area contributed by atoms with E-state index in [9.17, 15) is 4.79 Å². The number of nitrogens with zero attached hydrogens (tertiary/aromatic N) is 2. The molecule has 0 aliphatic carbocycles. The molecule has 2 heterocycles. The number of methoxy groups -OCH3 is 1. The zero-order chi connectivity index (χ0) is 15.4. The summed E-state index contributed by atoms with van der Waals surface area (Å²) in [7, 11) is 1.61. The van der Waals surface area contributed by atoms with Crippen molar-refractivity contribution in [3.63, 3.8) is 0 Å². The molecule has 7 heteroatoms. The molecule has 5 nitrogen and oxygen atoms in total.